The molecule has 1 unspecified atom stereocenters. The van der Waals surface area contributed by atoms with Crippen LogP contribution in [-0.2, 0) is 35.3 Å². The van der Waals surface area contributed by atoms with Crippen LogP contribution >= 0.6 is 0 Å². The highest BCUT2D eigenvalue weighted by Gasteiger charge is 2.69. The van der Waals surface area contributed by atoms with Crippen molar-refractivity contribution in [2.24, 2.45) is 40.2 Å². The third kappa shape index (κ3) is 8.32. The summed E-state index contributed by atoms with van der Waals surface area (Å²) in [6, 6.07) is 4.78. The van der Waals surface area contributed by atoms with Gasteiger partial charge in [0.15, 0.2) is 0 Å². The fourth-order valence-electron chi connectivity index (χ4n) is 8.32. The van der Waals surface area contributed by atoms with Crippen molar-refractivity contribution < 1.29 is 33.5 Å². The minimum absolute atomic E-state index is 0.0579. The Balaban J connectivity index is 1.33. The zero-order valence-corrected chi connectivity index (χ0v) is 30.2. The van der Waals surface area contributed by atoms with Gasteiger partial charge in [0.2, 0.25) is 17.6 Å². The van der Waals surface area contributed by atoms with Crippen LogP contribution in [-0.4, -0.2) is 71.1 Å². The Morgan fingerprint density at radius 1 is 0.920 bits per heavy atom. The number of amides is 5. The highest BCUT2D eigenvalue weighted by Crippen LogP contribution is 2.65. The van der Waals surface area contributed by atoms with Gasteiger partial charge in [-0.05, 0) is 59.3 Å². The number of hydrogen-bond donors (Lipinski definition) is 4. The van der Waals surface area contributed by atoms with E-state index in [9.17, 15) is 28.8 Å². The number of hydrogen-bond acceptors (Lipinski definition) is 7. The van der Waals surface area contributed by atoms with Gasteiger partial charge in [0.05, 0.1) is 6.04 Å². The number of benzene rings is 1. The second-order valence-electron chi connectivity index (χ2n) is 16.6. The van der Waals surface area contributed by atoms with E-state index in [1.54, 1.807) is 4.90 Å². The molecule has 0 spiro atoms. The summed E-state index contributed by atoms with van der Waals surface area (Å²) in [6.45, 7) is 10.0. The number of nitrogens with one attached hydrogen (secondary N) is 3. The van der Waals surface area contributed by atoms with Crippen molar-refractivity contribution in [2.45, 2.75) is 123 Å². The van der Waals surface area contributed by atoms with Crippen LogP contribution in [0.2, 0.25) is 0 Å². The Morgan fingerprint density at radius 2 is 1.58 bits per heavy atom. The maximum atomic E-state index is 14.6. The third-order valence-electron chi connectivity index (χ3n) is 11.7. The standard InChI is InChI=1S/C38H55N5O7/c1-37(2,3)31(35(48)50-21-23-13-8-6-9-14-23)42-36(49)41-28(24-17-10-7-11-18-24)34(47)43-20-25-27(38(25,4)5)29(43)33(46)40-26(30(44)32(39)45)19-22-15-12-16-22/h6,8-9,13-14,22,24-29,31H,7,10-12,15-21H2,1-5H3,(H2,39,45)(H,40,46)(H2,41,42,49)/t25-,26?,27-,28-,29-,31-/m0/s1. The van der Waals surface area contributed by atoms with Crippen LogP contribution in [0.4, 0.5) is 4.79 Å². The second kappa shape index (κ2) is 15.1. The predicted molar refractivity (Wildman–Crippen MR) is 186 cm³/mol. The summed E-state index contributed by atoms with van der Waals surface area (Å²) in [5.41, 5.74) is 5.30. The number of ether oxygens (including phenoxy) is 1. The van der Waals surface area contributed by atoms with Crippen molar-refractivity contribution in [3.8, 4) is 0 Å². The lowest BCUT2D eigenvalue weighted by molar-refractivity contribution is -0.150. The molecule has 5 amide bonds. The zero-order chi connectivity index (χ0) is 36.4. The Labute approximate surface area is 295 Å². The molecule has 4 fully saturated rings. The highest BCUT2D eigenvalue weighted by molar-refractivity contribution is 6.37. The maximum absolute atomic E-state index is 14.6. The van der Waals surface area contributed by atoms with Gasteiger partial charge in [-0.15, -0.1) is 0 Å². The molecule has 1 aromatic carbocycles. The van der Waals surface area contributed by atoms with E-state index < -0.39 is 59.2 Å². The van der Waals surface area contributed by atoms with Crippen molar-refractivity contribution in [3.63, 3.8) is 0 Å². The van der Waals surface area contributed by atoms with Gasteiger partial charge in [-0.25, -0.2) is 9.59 Å². The monoisotopic (exact) mass is 693 g/mol. The van der Waals surface area contributed by atoms with Crippen molar-refractivity contribution in [1.29, 1.82) is 0 Å². The molecular weight excluding hydrogens is 638 g/mol. The van der Waals surface area contributed by atoms with Crippen LogP contribution in [0.1, 0.15) is 98.0 Å². The van der Waals surface area contributed by atoms with E-state index in [0.29, 0.717) is 13.0 Å². The number of nitrogens with zero attached hydrogens (tertiary/aromatic N) is 1. The molecule has 0 aromatic heterocycles. The van der Waals surface area contributed by atoms with Gasteiger partial charge in [0.25, 0.3) is 5.91 Å². The molecule has 6 atom stereocenters. The number of rotatable bonds is 13. The first-order valence-electron chi connectivity index (χ1n) is 18.3. The number of fused-ring (bicyclic) bond motifs is 1. The molecular formula is C38H55N5O7. The van der Waals surface area contributed by atoms with E-state index in [2.05, 4.69) is 29.8 Å². The largest absolute Gasteiger partial charge is 0.459 e. The number of nitrogens with two attached hydrogens (primary N) is 1. The SMILES string of the molecule is CC(C)(C)[C@@H](NC(=O)N[C@H](C(=O)N1C[C@H]2[C@@H]([C@H]1C(=O)NC(CC1CCC1)C(=O)C(N)=O)C2(C)C)C1CCCCC1)C(=O)OCc1ccccc1. The second-order valence-corrected chi connectivity index (χ2v) is 16.6. The van der Waals surface area contributed by atoms with Crippen LogP contribution in [0.25, 0.3) is 0 Å². The van der Waals surface area contributed by atoms with E-state index in [-0.39, 0.29) is 41.6 Å². The molecule has 0 bridgehead atoms. The number of ketones is 1. The molecule has 12 nitrogen and oxygen atoms in total. The fourth-order valence-corrected chi connectivity index (χ4v) is 8.32. The van der Waals surface area contributed by atoms with Gasteiger partial charge in [-0.3, -0.25) is 19.2 Å². The number of Topliss-reactive ketones (excluding diaryl/α,β-unsaturated/α-hetero) is 1. The Bertz CT molecular complexity index is 1450. The Hall–Kier alpha value is -3.96. The molecule has 1 heterocycles. The summed E-state index contributed by atoms with van der Waals surface area (Å²) in [4.78, 5) is 81.9. The van der Waals surface area contributed by atoms with Crippen LogP contribution in [0, 0.1) is 34.5 Å². The lowest BCUT2D eigenvalue weighted by Gasteiger charge is -2.38. The van der Waals surface area contributed by atoms with Gasteiger partial charge in [-0.2, -0.15) is 0 Å². The lowest BCUT2D eigenvalue weighted by Crippen LogP contribution is -2.61. The van der Waals surface area contributed by atoms with E-state index in [4.69, 9.17) is 10.5 Å². The van der Waals surface area contributed by atoms with Crippen molar-refractivity contribution >= 4 is 35.5 Å². The molecule has 1 aromatic rings. The number of likely N-dealkylation sites (tertiary alicyclic amines) is 1. The van der Waals surface area contributed by atoms with Gasteiger partial charge in [-0.1, -0.05) is 103 Å². The molecule has 3 saturated carbocycles. The maximum Gasteiger partial charge on any atom is 0.329 e. The molecule has 0 radical (unpaired) electrons. The number of piperidine rings is 1. The van der Waals surface area contributed by atoms with Crippen LogP contribution in [0.3, 0.4) is 0 Å². The van der Waals surface area contributed by atoms with Gasteiger partial charge < -0.3 is 31.3 Å². The molecule has 3 aliphatic carbocycles. The molecule has 274 valence electrons. The smallest absolute Gasteiger partial charge is 0.329 e. The zero-order valence-electron chi connectivity index (χ0n) is 30.2. The minimum atomic E-state index is -1.09. The summed E-state index contributed by atoms with van der Waals surface area (Å²) >= 11 is 0. The number of primary amides is 1. The summed E-state index contributed by atoms with van der Waals surface area (Å²) in [6.07, 6.45) is 7.53. The molecule has 12 heteroatoms. The fraction of sp³-hybridized carbons (Fsp3) is 0.684. The highest BCUT2D eigenvalue weighted by atomic mass is 16.5. The van der Waals surface area contributed by atoms with Gasteiger partial charge >= 0.3 is 12.0 Å². The number of carbonyl (C=O) groups excluding carboxylic acids is 6. The van der Waals surface area contributed by atoms with Crippen LogP contribution in [0.5, 0.6) is 0 Å². The molecule has 50 heavy (non-hydrogen) atoms. The Morgan fingerprint density at radius 3 is 2.16 bits per heavy atom. The molecule has 1 aliphatic heterocycles. The molecule has 5 rings (SSSR count). The minimum Gasteiger partial charge on any atom is -0.459 e. The van der Waals surface area contributed by atoms with Crippen LogP contribution in [0.15, 0.2) is 30.3 Å². The summed E-state index contributed by atoms with van der Waals surface area (Å²) < 4.78 is 5.59. The van der Waals surface area contributed by atoms with Crippen molar-refractivity contribution in [1.82, 2.24) is 20.9 Å². The van der Waals surface area contributed by atoms with E-state index in [1.165, 1.54) is 0 Å². The number of carbonyl (C=O) groups is 6. The molecule has 5 N–H and O–H groups in total. The number of esters is 1. The summed E-state index contributed by atoms with van der Waals surface area (Å²) in [7, 11) is 0. The molecule has 1 saturated heterocycles. The van der Waals surface area contributed by atoms with E-state index in [0.717, 1.165) is 56.9 Å². The quantitative estimate of drug-likeness (QED) is 0.180. The van der Waals surface area contributed by atoms with Crippen molar-refractivity contribution in [2.75, 3.05) is 6.54 Å². The van der Waals surface area contributed by atoms with E-state index >= 15 is 0 Å². The van der Waals surface area contributed by atoms with Gasteiger partial charge in [0.1, 0.15) is 24.7 Å². The summed E-state index contributed by atoms with van der Waals surface area (Å²) in [5, 5.41) is 8.54. The van der Waals surface area contributed by atoms with Crippen molar-refractivity contribution in [3.05, 3.63) is 35.9 Å². The van der Waals surface area contributed by atoms with Crippen LogP contribution < -0.4 is 21.7 Å². The first kappa shape index (κ1) is 37.3. The molecule has 4 aliphatic rings. The number of urea groups is 1. The summed E-state index contributed by atoms with van der Waals surface area (Å²) in [5.74, 6) is -3.34. The average molecular weight is 694 g/mol. The predicted octanol–water partition coefficient (Wildman–Crippen LogP) is 3.61. The normalized spacial score (nSPS) is 24.8. The topological polar surface area (TPSA) is 177 Å². The lowest BCUT2D eigenvalue weighted by atomic mass is 9.80. The average Bonchev–Trinajstić information content (AvgIpc) is 3.36. The van der Waals surface area contributed by atoms with E-state index in [1.807, 2.05) is 51.1 Å². The first-order valence-corrected chi connectivity index (χ1v) is 18.3. The Kier molecular flexibility index (Phi) is 11.3. The van der Waals surface area contributed by atoms with Gasteiger partial charge in [0, 0.05) is 6.54 Å². The third-order valence-corrected chi connectivity index (χ3v) is 11.7. The first-order chi connectivity index (χ1) is 23.6.